The molecule has 102 valence electrons. The van der Waals surface area contributed by atoms with Gasteiger partial charge in [-0.2, -0.15) is 0 Å². The second-order valence-electron chi connectivity index (χ2n) is 5.06. The van der Waals surface area contributed by atoms with Crippen LogP contribution in [0.25, 0.3) is 11.0 Å². The van der Waals surface area contributed by atoms with Crippen molar-refractivity contribution in [3.05, 3.63) is 53.5 Å². The summed E-state index contributed by atoms with van der Waals surface area (Å²) < 4.78 is 2.23. The Labute approximate surface area is 118 Å². The van der Waals surface area contributed by atoms with E-state index in [0.29, 0.717) is 5.82 Å². The van der Waals surface area contributed by atoms with E-state index in [2.05, 4.69) is 52.6 Å². The molecule has 20 heavy (non-hydrogen) atoms. The zero-order chi connectivity index (χ0) is 14.1. The Balaban J connectivity index is 2.00. The summed E-state index contributed by atoms with van der Waals surface area (Å²) in [4.78, 5) is 8.50. The van der Waals surface area contributed by atoms with Gasteiger partial charge in [-0.25, -0.2) is 9.97 Å². The van der Waals surface area contributed by atoms with Gasteiger partial charge in [-0.3, -0.25) is 0 Å². The van der Waals surface area contributed by atoms with Crippen LogP contribution in [0.4, 0.5) is 5.82 Å². The molecule has 0 fully saturated rings. The number of aryl methyl sites for hydroxylation is 3. The van der Waals surface area contributed by atoms with E-state index in [4.69, 9.17) is 5.73 Å². The maximum Gasteiger partial charge on any atom is 0.145 e. The standard InChI is InChI=1S/C16H18N4/c1-11-12(2)20(9-8-13-6-4-3-5-7-13)16-14(11)15(17)18-10-19-16/h3-7,10H,8-9H2,1-2H3,(H2,17,18,19). The first-order chi connectivity index (χ1) is 9.68. The number of nitrogen functional groups attached to an aromatic ring is 1. The second kappa shape index (κ2) is 4.96. The molecule has 0 aliphatic heterocycles. The van der Waals surface area contributed by atoms with E-state index in [1.165, 1.54) is 23.1 Å². The zero-order valence-corrected chi connectivity index (χ0v) is 11.8. The average Bonchev–Trinajstić information content (AvgIpc) is 2.71. The van der Waals surface area contributed by atoms with Crippen LogP contribution in [0, 0.1) is 13.8 Å². The number of fused-ring (bicyclic) bond motifs is 1. The highest BCUT2D eigenvalue weighted by Gasteiger charge is 2.14. The number of hydrogen-bond donors (Lipinski definition) is 1. The van der Waals surface area contributed by atoms with Gasteiger partial charge >= 0.3 is 0 Å². The van der Waals surface area contributed by atoms with Crippen LogP contribution in [0.15, 0.2) is 36.7 Å². The van der Waals surface area contributed by atoms with Crippen molar-refractivity contribution in [2.75, 3.05) is 5.73 Å². The van der Waals surface area contributed by atoms with E-state index in [9.17, 15) is 0 Å². The molecule has 3 rings (SSSR count). The van der Waals surface area contributed by atoms with Crippen LogP contribution in [0.3, 0.4) is 0 Å². The highest BCUT2D eigenvalue weighted by Crippen LogP contribution is 2.27. The van der Waals surface area contributed by atoms with Gasteiger partial charge in [0.25, 0.3) is 0 Å². The third-order valence-electron chi connectivity index (χ3n) is 3.90. The van der Waals surface area contributed by atoms with Gasteiger partial charge in [0.15, 0.2) is 0 Å². The van der Waals surface area contributed by atoms with Crippen molar-refractivity contribution < 1.29 is 0 Å². The number of aromatic nitrogens is 3. The van der Waals surface area contributed by atoms with Gasteiger partial charge in [-0.1, -0.05) is 30.3 Å². The monoisotopic (exact) mass is 266 g/mol. The highest BCUT2D eigenvalue weighted by atomic mass is 15.1. The van der Waals surface area contributed by atoms with Crippen molar-refractivity contribution in [2.24, 2.45) is 0 Å². The van der Waals surface area contributed by atoms with Crippen molar-refractivity contribution >= 4 is 16.9 Å². The van der Waals surface area contributed by atoms with Crippen LogP contribution in [-0.2, 0) is 13.0 Å². The van der Waals surface area contributed by atoms with Crippen LogP contribution in [0.1, 0.15) is 16.8 Å². The predicted molar refractivity (Wildman–Crippen MR) is 81.6 cm³/mol. The zero-order valence-electron chi connectivity index (χ0n) is 11.8. The van der Waals surface area contributed by atoms with Crippen molar-refractivity contribution in [3.63, 3.8) is 0 Å². The van der Waals surface area contributed by atoms with Gasteiger partial charge in [0.1, 0.15) is 17.8 Å². The Hall–Kier alpha value is -2.36. The Bertz CT molecular complexity index is 744. The molecule has 2 N–H and O–H groups in total. The molecule has 2 heterocycles. The molecule has 4 heteroatoms. The third kappa shape index (κ3) is 2.03. The van der Waals surface area contributed by atoms with Gasteiger partial charge in [0.05, 0.1) is 5.39 Å². The van der Waals surface area contributed by atoms with Crippen molar-refractivity contribution in [1.82, 2.24) is 14.5 Å². The van der Waals surface area contributed by atoms with Crippen LogP contribution in [0.5, 0.6) is 0 Å². The minimum Gasteiger partial charge on any atom is -0.383 e. The summed E-state index contributed by atoms with van der Waals surface area (Å²) in [6.07, 6.45) is 2.52. The lowest BCUT2D eigenvalue weighted by atomic mass is 10.1. The summed E-state index contributed by atoms with van der Waals surface area (Å²) in [5, 5.41) is 0.984. The number of anilines is 1. The van der Waals surface area contributed by atoms with Gasteiger partial charge in [0.2, 0.25) is 0 Å². The van der Waals surface area contributed by atoms with E-state index in [1.807, 2.05) is 6.07 Å². The fraction of sp³-hybridized carbons (Fsp3) is 0.250. The summed E-state index contributed by atoms with van der Waals surface area (Å²) in [5.74, 6) is 0.564. The third-order valence-corrected chi connectivity index (χ3v) is 3.90. The molecule has 4 nitrogen and oxygen atoms in total. The molecule has 0 saturated heterocycles. The molecule has 0 amide bonds. The minimum absolute atomic E-state index is 0.564. The molecule has 3 aromatic rings. The summed E-state index contributed by atoms with van der Waals surface area (Å²) in [7, 11) is 0. The Morgan fingerprint density at radius 1 is 1.10 bits per heavy atom. The fourth-order valence-electron chi connectivity index (χ4n) is 2.66. The topological polar surface area (TPSA) is 56.7 Å². The number of hydrogen-bond acceptors (Lipinski definition) is 3. The summed E-state index contributed by atoms with van der Waals surface area (Å²) in [6, 6.07) is 10.5. The van der Waals surface area contributed by atoms with Gasteiger partial charge < -0.3 is 10.3 Å². The number of benzene rings is 1. The minimum atomic E-state index is 0.564. The molecule has 0 aliphatic rings. The summed E-state index contributed by atoms with van der Waals surface area (Å²) >= 11 is 0. The number of nitrogens with two attached hydrogens (primary N) is 1. The molecule has 0 bridgehead atoms. The molecular formula is C16H18N4. The highest BCUT2D eigenvalue weighted by molar-refractivity contribution is 5.90. The molecule has 0 atom stereocenters. The lowest BCUT2D eigenvalue weighted by Crippen LogP contribution is -2.04. The summed E-state index contributed by atoms with van der Waals surface area (Å²) in [5.41, 5.74) is 10.6. The largest absolute Gasteiger partial charge is 0.383 e. The number of nitrogens with zero attached hydrogens (tertiary/aromatic N) is 3. The molecule has 0 aliphatic carbocycles. The van der Waals surface area contributed by atoms with E-state index < -0.39 is 0 Å². The average molecular weight is 266 g/mol. The predicted octanol–water partition coefficient (Wildman–Crippen LogP) is 2.87. The van der Waals surface area contributed by atoms with Crippen LogP contribution >= 0.6 is 0 Å². The lowest BCUT2D eigenvalue weighted by Gasteiger charge is -2.08. The van der Waals surface area contributed by atoms with E-state index in [1.54, 1.807) is 0 Å². The lowest BCUT2D eigenvalue weighted by molar-refractivity contribution is 0.694. The Morgan fingerprint density at radius 3 is 2.60 bits per heavy atom. The molecule has 0 saturated carbocycles. The maximum absolute atomic E-state index is 5.98. The SMILES string of the molecule is Cc1c(C)n(CCc2ccccc2)c2ncnc(N)c12. The first-order valence-electron chi connectivity index (χ1n) is 6.78. The Kier molecular flexibility index (Phi) is 3.14. The molecular weight excluding hydrogens is 248 g/mol. The fourth-order valence-corrected chi connectivity index (χ4v) is 2.66. The van der Waals surface area contributed by atoms with Crippen molar-refractivity contribution in [3.8, 4) is 0 Å². The van der Waals surface area contributed by atoms with Crippen LogP contribution in [0.2, 0.25) is 0 Å². The molecule has 2 aromatic heterocycles. The molecule has 0 radical (unpaired) electrons. The Morgan fingerprint density at radius 2 is 1.85 bits per heavy atom. The van der Waals surface area contributed by atoms with Crippen LogP contribution in [-0.4, -0.2) is 14.5 Å². The van der Waals surface area contributed by atoms with Gasteiger partial charge in [-0.05, 0) is 31.4 Å². The van der Waals surface area contributed by atoms with Gasteiger partial charge in [0, 0.05) is 12.2 Å². The second-order valence-corrected chi connectivity index (χ2v) is 5.06. The first kappa shape index (κ1) is 12.7. The van der Waals surface area contributed by atoms with E-state index >= 15 is 0 Å². The number of rotatable bonds is 3. The van der Waals surface area contributed by atoms with E-state index in [0.717, 1.165) is 24.0 Å². The normalized spacial score (nSPS) is 11.1. The molecule has 0 unspecified atom stereocenters. The smallest absolute Gasteiger partial charge is 0.145 e. The summed E-state index contributed by atoms with van der Waals surface area (Å²) in [6.45, 7) is 5.09. The molecule has 0 spiro atoms. The molecule has 1 aromatic carbocycles. The first-order valence-corrected chi connectivity index (χ1v) is 6.78. The van der Waals surface area contributed by atoms with E-state index in [-0.39, 0.29) is 0 Å². The van der Waals surface area contributed by atoms with Crippen molar-refractivity contribution in [1.29, 1.82) is 0 Å². The maximum atomic E-state index is 5.98. The van der Waals surface area contributed by atoms with Gasteiger partial charge in [-0.15, -0.1) is 0 Å². The van der Waals surface area contributed by atoms with Crippen LogP contribution < -0.4 is 5.73 Å². The quantitative estimate of drug-likeness (QED) is 0.793. The van der Waals surface area contributed by atoms with Crippen molar-refractivity contribution in [2.45, 2.75) is 26.8 Å².